The highest BCUT2D eigenvalue weighted by atomic mass is 32.1. The first-order valence-corrected chi connectivity index (χ1v) is 8.09. The second-order valence-electron chi connectivity index (χ2n) is 4.60. The van der Waals surface area contributed by atoms with Crippen molar-refractivity contribution in [2.75, 3.05) is 5.32 Å². The van der Waals surface area contributed by atoms with Gasteiger partial charge in [-0.1, -0.05) is 17.4 Å². The lowest BCUT2D eigenvalue weighted by molar-refractivity contribution is 0.768. The Balaban J connectivity index is 1.56. The Hall–Kier alpha value is -2.19. The molecule has 0 spiro atoms. The third-order valence-electron chi connectivity index (χ3n) is 3.04. The topological polar surface area (TPSA) is 60.0 Å². The number of hydrogen-bond donors (Lipinski definition) is 1. The number of thiophene rings is 1. The Morgan fingerprint density at radius 2 is 2.29 bits per heavy atom. The molecule has 0 saturated carbocycles. The van der Waals surface area contributed by atoms with Crippen LogP contribution in [0.3, 0.4) is 0 Å². The summed E-state index contributed by atoms with van der Waals surface area (Å²) in [5, 5.41) is 14.9. The van der Waals surface area contributed by atoms with E-state index in [1.165, 1.54) is 4.88 Å². The molecule has 4 aromatic rings. The molecule has 0 aliphatic rings. The maximum absolute atomic E-state index is 4.59. The van der Waals surface area contributed by atoms with Crippen LogP contribution in [0.25, 0.3) is 16.2 Å². The molecule has 106 valence electrons. The second-order valence-corrected chi connectivity index (χ2v) is 6.58. The molecular weight excluding hydrogens is 304 g/mol. The molecule has 4 rings (SSSR count). The van der Waals surface area contributed by atoms with Crippen LogP contribution in [0.5, 0.6) is 0 Å². The minimum Gasteiger partial charge on any atom is -0.355 e. The fourth-order valence-electron chi connectivity index (χ4n) is 2.04. The summed E-state index contributed by atoms with van der Waals surface area (Å²) in [6, 6.07) is 4.16. The number of aromatic nitrogens is 5. The van der Waals surface area contributed by atoms with Crippen molar-refractivity contribution in [3.05, 3.63) is 41.0 Å². The van der Waals surface area contributed by atoms with E-state index in [-0.39, 0.29) is 0 Å². The smallest absolute Gasteiger partial charge is 0.214 e. The maximum atomic E-state index is 4.59. The molecule has 0 aromatic carbocycles. The van der Waals surface area contributed by atoms with Gasteiger partial charge < -0.3 is 5.32 Å². The molecule has 4 heterocycles. The first kappa shape index (κ1) is 12.5. The second kappa shape index (κ2) is 4.97. The molecule has 0 saturated heterocycles. The van der Waals surface area contributed by atoms with Crippen LogP contribution in [0.15, 0.2) is 36.1 Å². The monoisotopic (exact) mass is 316 g/mol. The highest BCUT2D eigenvalue weighted by Crippen LogP contribution is 2.24. The van der Waals surface area contributed by atoms with Gasteiger partial charge in [0.1, 0.15) is 0 Å². The zero-order valence-corrected chi connectivity index (χ0v) is 12.9. The Morgan fingerprint density at radius 3 is 3.00 bits per heavy atom. The third kappa shape index (κ3) is 2.43. The largest absolute Gasteiger partial charge is 0.355 e. The summed E-state index contributed by atoms with van der Waals surface area (Å²) in [7, 11) is 1.90. The van der Waals surface area contributed by atoms with E-state index in [1.807, 2.05) is 30.2 Å². The van der Waals surface area contributed by atoms with Gasteiger partial charge in [0.25, 0.3) is 0 Å². The van der Waals surface area contributed by atoms with Crippen molar-refractivity contribution in [2.45, 2.75) is 6.54 Å². The van der Waals surface area contributed by atoms with Gasteiger partial charge in [-0.2, -0.15) is 5.10 Å². The zero-order chi connectivity index (χ0) is 14.2. The van der Waals surface area contributed by atoms with Gasteiger partial charge in [-0.05, 0) is 11.4 Å². The molecule has 6 nitrogen and oxygen atoms in total. The van der Waals surface area contributed by atoms with Crippen molar-refractivity contribution >= 4 is 32.8 Å². The first-order chi connectivity index (χ1) is 10.3. The highest BCUT2D eigenvalue weighted by molar-refractivity contribution is 7.20. The minimum atomic E-state index is 0.795. The van der Waals surface area contributed by atoms with Crippen LogP contribution in [0.4, 0.5) is 5.13 Å². The predicted molar refractivity (Wildman–Crippen MR) is 84.7 cm³/mol. The Morgan fingerprint density at radius 1 is 1.33 bits per heavy atom. The lowest BCUT2D eigenvalue weighted by Crippen LogP contribution is -1.97. The normalized spacial score (nSPS) is 11.3. The molecule has 8 heteroatoms. The average molecular weight is 316 g/mol. The van der Waals surface area contributed by atoms with E-state index < -0.39 is 0 Å². The molecule has 0 fully saturated rings. The van der Waals surface area contributed by atoms with Crippen LogP contribution < -0.4 is 5.32 Å². The fraction of sp³-hybridized carbons (Fsp3) is 0.154. The summed E-state index contributed by atoms with van der Waals surface area (Å²) in [5.41, 5.74) is 1.90. The summed E-state index contributed by atoms with van der Waals surface area (Å²) in [4.78, 5) is 6.76. The van der Waals surface area contributed by atoms with Crippen molar-refractivity contribution in [1.82, 2.24) is 24.4 Å². The highest BCUT2D eigenvalue weighted by Gasteiger charge is 2.10. The number of anilines is 1. The molecule has 21 heavy (non-hydrogen) atoms. The summed E-state index contributed by atoms with van der Waals surface area (Å²) in [6.07, 6.45) is 5.68. The molecule has 0 aliphatic carbocycles. The Bertz CT molecular complexity index is 838. The van der Waals surface area contributed by atoms with Crippen molar-refractivity contribution < 1.29 is 0 Å². The molecule has 4 aromatic heterocycles. The molecule has 0 radical (unpaired) electrons. The van der Waals surface area contributed by atoms with Crippen LogP contribution in [0, 0.1) is 0 Å². The van der Waals surface area contributed by atoms with E-state index in [9.17, 15) is 0 Å². The number of aryl methyl sites for hydroxylation is 1. The lowest BCUT2D eigenvalue weighted by Gasteiger charge is -1.97. The standard InChI is InChI=1S/C13H12N6S2/c1-18-7-9(5-15-18)11-8-19-13(16-11)21-12(17-19)14-6-10-3-2-4-20-10/h2-5,7-8H,6H2,1H3,(H,14,17). The van der Waals surface area contributed by atoms with Gasteiger partial charge in [0.2, 0.25) is 10.1 Å². The van der Waals surface area contributed by atoms with E-state index in [0.29, 0.717) is 0 Å². The van der Waals surface area contributed by atoms with Crippen molar-refractivity contribution in [3.63, 3.8) is 0 Å². The number of rotatable bonds is 4. The summed E-state index contributed by atoms with van der Waals surface area (Å²) in [6.45, 7) is 0.795. The minimum absolute atomic E-state index is 0.795. The van der Waals surface area contributed by atoms with E-state index >= 15 is 0 Å². The molecule has 0 unspecified atom stereocenters. The summed E-state index contributed by atoms with van der Waals surface area (Å²) < 4.78 is 3.58. The summed E-state index contributed by atoms with van der Waals surface area (Å²) in [5.74, 6) is 0. The van der Waals surface area contributed by atoms with Gasteiger partial charge in [0.15, 0.2) is 0 Å². The molecule has 0 bridgehead atoms. The lowest BCUT2D eigenvalue weighted by atomic mass is 10.3. The van der Waals surface area contributed by atoms with Crippen LogP contribution in [-0.4, -0.2) is 24.4 Å². The Kier molecular flexibility index (Phi) is 2.97. The zero-order valence-electron chi connectivity index (χ0n) is 11.2. The number of fused-ring (bicyclic) bond motifs is 1. The average Bonchev–Trinajstić information content (AvgIpc) is 3.19. The van der Waals surface area contributed by atoms with E-state index in [1.54, 1.807) is 27.4 Å². The first-order valence-electron chi connectivity index (χ1n) is 6.39. The maximum Gasteiger partial charge on any atom is 0.214 e. The number of imidazole rings is 1. The Labute approximate surface area is 128 Å². The number of nitrogens with one attached hydrogen (secondary N) is 1. The molecule has 0 atom stereocenters. The number of hydrogen-bond acceptors (Lipinski definition) is 6. The SMILES string of the molecule is Cn1cc(-c2cn3nc(NCc4cccs4)sc3n2)cn1. The van der Waals surface area contributed by atoms with E-state index in [2.05, 4.69) is 38.0 Å². The van der Waals surface area contributed by atoms with E-state index in [0.717, 1.165) is 27.9 Å². The molecular formula is C13H12N6S2. The summed E-state index contributed by atoms with van der Waals surface area (Å²) >= 11 is 3.28. The van der Waals surface area contributed by atoms with Gasteiger partial charge in [-0.3, -0.25) is 4.68 Å². The van der Waals surface area contributed by atoms with Crippen molar-refractivity contribution in [3.8, 4) is 11.3 Å². The molecule has 0 aliphatic heterocycles. The van der Waals surface area contributed by atoms with Crippen LogP contribution >= 0.6 is 22.7 Å². The third-order valence-corrected chi connectivity index (χ3v) is 4.79. The van der Waals surface area contributed by atoms with Gasteiger partial charge in [0.05, 0.1) is 24.6 Å². The number of nitrogens with zero attached hydrogens (tertiary/aromatic N) is 5. The van der Waals surface area contributed by atoms with Gasteiger partial charge in [-0.15, -0.1) is 16.4 Å². The van der Waals surface area contributed by atoms with Gasteiger partial charge >= 0.3 is 0 Å². The fourth-order valence-corrected chi connectivity index (χ4v) is 3.46. The van der Waals surface area contributed by atoms with E-state index in [4.69, 9.17) is 0 Å². The predicted octanol–water partition coefficient (Wildman–Crippen LogP) is 2.86. The van der Waals surface area contributed by atoms with Crippen LogP contribution in [-0.2, 0) is 13.6 Å². The quantitative estimate of drug-likeness (QED) is 0.629. The van der Waals surface area contributed by atoms with Crippen LogP contribution in [0.1, 0.15) is 4.88 Å². The van der Waals surface area contributed by atoms with Gasteiger partial charge in [-0.25, -0.2) is 9.50 Å². The molecule has 0 amide bonds. The van der Waals surface area contributed by atoms with Crippen molar-refractivity contribution in [1.29, 1.82) is 0 Å². The van der Waals surface area contributed by atoms with Gasteiger partial charge in [0, 0.05) is 23.7 Å². The van der Waals surface area contributed by atoms with Crippen molar-refractivity contribution in [2.24, 2.45) is 7.05 Å². The molecule has 1 N–H and O–H groups in total. The van der Waals surface area contributed by atoms with Crippen LogP contribution in [0.2, 0.25) is 0 Å².